The van der Waals surface area contributed by atoms with Crippen LogP contribution in [0.2, 0.25) is 0 Å². The highest BCUT2D eigenvalue weighted by atomic mass is 15.0. The fourth-order valence-corrected chi connectivity index (χ4v) is 11.4. The topological polar surface area (TPSA) is 66.3 Å². The maximum Gasteiger partial charge on any atom is 0.198 e. The highest BCUT2D eigenvalue weighted by Gasteiger charge is 2.20. The van der Waals surface area contributed by atoms with E-state index in [4.69, 9.17) is 19.9 Å². The monoisotopic (exact) mass is 971 g/mol. The summed E-state index contributed by atoms with van der Waals surface area (Å²) in [7, 11) is 0. The first-order valence-electron chi connectivity index (χ1n) is 25.7. The Morgan fingerprint density at radius 1 is 0.237 bits per heavy atom. The SMILES string of the molecule is Cc1ccc(-c2cc(-c3ccc(-n4c5ccccc5c5ccccc54)cc3)nc(-c3nc(-c4ccc(-n5c6ccccc6c6ccccc65)cc4)cc(-c4ccc(-n5c6ccccc6c6ccccc65)cc4)n3)n2)cc1. The lowest BCUT2D eigenvalue weighted by molar-refractivity contribution is 1.09. The zero-order valence-electron chi connectivity index (χ0n) is 41.4. The molecule has 0 bridgehead atoms. The third kappa shape index (κ3) is 7.12. The van der Waals surface area contributed by atoms with Crippen LogP contribution < -0.4 is 0 Å². The smallest absolute Gasteiger partial charge is 0.198 e. The number of benzene rings is 10. The predicted molar refractivity (Wildman–Crippen MR) is 313 cm³/mol. The molecule has 0 fully saturated rings. The van der Waals surface area contributed by atoms with Gasteiger partial charge in [-0.25, -0.2) is 19.9 Å². The van der Waals surface area contributed by atoms with Crippen molar-refractivity contribution < 1.29 is 0 Å². The Hall–Kier alpha value is -10.2. The van der Waals surface area contributed by atoms with Crippen molar-refractivity contribution >= 4 is 65.4 Å². The molecule has 76 heavy (non-hydrogen) atoms. The Morgan fingerprint density at radius 3 is 0.684 bits per heavy atom. The largest absolute Gasteiger partial charge is 0.309 e. The lowest BCUT2D eigenvalue weighted by Gasteiger charge is -2.13. The van der Waals surface area contributed by atoms with Gasteiger partial charge >= 0.3 is 0 Å². The molecule has 0 saturated heterocycles. The Balaban J connectivity index is 0.883. The molecule has 0 saturated carbocycles. The summed E-state index contributed by atoms with van der Waals surface area (Å²) in [4.78, 5) is 21.3. The highest BCUT2D eigenvalue weighted by molar-refractivity contribution is 6.11. The van der Waals surface area contributed by atoms with Crippen LogP contribution in [0.25, 0.3) is 139 Å². The molecule has 10 aromatic carbocycles. The minimum atomic E-state index is 0.433. The number of rotatable bonds is 8. The minimum absolute atomic E-state index is 0.433. The van der Waals surface area contributed by atoms with E-state index in [1.165, 1.54) is 37.9 Å². The minimum Gasteiger partial charge on any atom is -0.309 e. The third-order valence-corrected chi connectivity index (χ3v) is 15.0. The summed E-state index contributed by atoms with van der Waals surface area (Å²) >= 11 is 0. The van der Waals surface area contributed by atoms with Crippen LogP contribution in [0.4, 0.5) is 0 Å². The van der Waals surface area contributed by atoms with Crippen molar-refractivity contribution in [3.8, 4) is 73.7 Å². The molecule has 0 radical (unpaired) electrons. The van der Waals surface area contributed by atoms with E-state index >= 15 is 0 Å². The van der Waals surface area contributed by atoms with Crippen LogP contribution in [-0.2, 0) is 0 Å². The molecule has 0 aliphatic carbocycles. The molecule has 0 atom stereocenters. The lowest BCUT2D eigenvalue weighted by Crippen LogP contribution is -2.02. The van der Waals surface area contributed by atoms with Crippen molar-refractivity contribution in [2.45, 2.75) is 6.92 Å². The van der Waals surface area contributed by atoms with E-state index in [0.29, 0.717) is 11.6 Å². The Bertz CT molecular complexity index is 4400. The summed E-state index contributed by atoms with van der Waals surface area (Å²) in [5.41, 5.74) is 18.3. The normalized spacial score (nSPS) is 11.8. The van der Waals surface area contributed by atoms with Crippen LogP contribution in [0, 0.1) is 6.92 Å². The summed E-state index contributed by atoms with van der Waals surface area (Å²) < 4.78 is 7.01. The van der Waals surface area contributed by atoms with Crippen molar-refractivity contribution in [3.05, 3.63) is 260 Å². The molecule has 15 aromatic rings. The van der Waals surface area contributed by atoms with Gasteiger partial charge in [0.15, 0.2) is 11.6 Å². The zero-order chi connectivity index (χ0) is 50.3. The third-order valence-electron chi connectivity index (χ3n) is 15.0. The number of nitrogens with zero attached hydrogens (tertiary/aromatic N) is 7. The molecule has 0 amide bonds. The Labute approximate surface area is 437 Å². The average Bonchev–Trinajstić information content (AvgIpc) is 4.16. The second-order valence-electron chi connectivity index (χ2n) is 19.5. The van der Waals surface area contributed by atoms with E-state index in [0.717, 1.165) is 95.2 Å². The van der Waals surface area contributed by atoms with Gasteiger partial charge in [0.2, 0.25) is 0 Å². The molecule has 0 unspecified atom stereocenters. The summed E-state index contributed by atoms with van der Waals surface area (Å²) in [6.07, 6.45) is 0. The zero-order valence-corrected chi connectivity index (χ0v) is 41.4. The molecule has 7 nitrogen and oxygen atoms in total. The van der Waals surface area contributed by atoms with Crippen LogP contribution in [0.3, 0.4) is 0 Å². The van der Waals surface area contributed by atoms with Gasteiger partial charge < -0.3 is 13.7 Å². The molecule has 7 heteroatoms. The molecule has 0 aliphatic heterocycles. The quantitative estimate of drug-likeness (QED) is 0.152. The van der Waals surface area contributed by atoms with Gasteiger partial charge in [-0.1, -0.05) is 175 Å². The Morgan fingerprint density at radius 2 is 0.447 bits per heavy atom. The average molecular weight is 972 g/mol. The van der Waals surface area contributed by atoms with E-state index in [9.17, 15) is 0 Å². The maximum absolute atomic E-state index is 5.36. The van der Waals surface area contributed by atoms with Gasteiger partial charge in [-0.2, -0.15) is 0 Å². The molecule has 356 valence electrons. The lowest BCUT2D eigenvalue weighted by atomic mass is 10.1. The van der Waals surface area contributed by atoms with Gasteiger partial charge in [0.05, 0.1) is 55.9 Å². The first kappa shape index (κ1) is 43.4. The van der Waals surface area contributed by atoms with Gasteiger partial charge in [0, 0.05) is 71.6 Å². The van der Waals surface area contributed by atoms with Crippen LogP contribution in [0.5, 0.6) is 0 Å². The van der Waals surface area contributed by atoms with Gasteiger partial charge in [0.1, 0.15) is 0 Å². The van der Waals surface area contributed by atoms with Crippen molar-refractivity contribution in [2.24, 2.45) is 0 Å². The van der Waals surface area contributed by atoms with Gasteiger partial charge in [-0.05, 0) is 91.9 Å². The fourth-order valence-electron chi connectivity index (χ4n) is 11.4. The van der Waals surface area contributed by atoms with Gasteiger partial charge in [-0.3, -0.25) is 0 Å². The van der Waals surface area contributed by atoms with E-state index < -0.39 is 0 Å². The molecule has 0 N–H and O–H groups in total. The van der Waals surface area contributed by atoms with Gasteiger partial charge in [0.25, 0.3) is 0 Å². The summed E-state index contributed by atoms with van der Waals surface area (Å²) in [6.45, 7) is 2.10. The van der Waals surface area contributed by atoms with Crippen molar-refractivity contribution in [1.82, 2.24) is 33.6 Å². The number of fused-ring (bicyclic) bond motifs is 9. The first-order chi connectivity index (χ1) is 37.6. The molecular formula is C69H45N7. The molecule has 0 aliphatic rings. The first-order valence-corrected chi connectivity index (χ1v) is 25.7. The second-order valence-corrected chi connectivity index (χ2v) is 19.5. The van der Waals surface area contributed by atoms with Crippen LogP contribution in [0.15, 0.2) is 255 Å². The summed E-state index contributed by atoms with van der Waals surface area (Å²) in [6, 6.07) is 90.4. The number of aryl methyl sites for hydroxylation is 1. The summed E-state index contributed by atoms with van der Waals surface area (Å²) in [5, 5.41) is 7.35. The van der Waals surface area contributed by atoms with Gasteiger partial charge in [-0.15, -0.1) is 0 Å². The molecule has 5 heterocycles. The summed E-state index contributed by atoms with van der Waals surface area (Å²) in [5.74, 6) is 0.869. The predicted octanol–water partition coefficient (Wildman–Crippen LogP) is 17.2. The van der Waals surface area contributed by atoms with Crippen molar-refractivity contribution in [1.29, 1.82) is 0 Å². The number of aromatic nitrogens is 7. The second kappa shape index (κ2) is 17.5. The van der Waals surface area contributed by atoms with Crippen molar-refractivity contribution in [2.75, 3.05) is 0 Å². The number of hydrogen-bond acceptors (Lipinski definition) is 4. The number of hydrogen-bond donors (Lipinski definition) is 0. The highest BCUT2D eigenvalue weighted by Crippen LogP contribution is 2.38. The van der Waals surface area contributed by atoms with E-state index in [1.54, 1.807) is 0 Å². The Kier molecular flexibility index (Phi) is 9.97. The van der Waals surface area contributed by atoms with Crippen LogP contribution in [-0.4, -0.2) is 33.6 Å². The van der Waals surface area contributed by atoms with E-state index in [1.807, 2.05) is 0 Å². The van der Waals surface area contributed by atoms with E-state index in [-0.39, 0.29) is 0 Å². The van der Waals surface area contributed by atoms with Crippen LogP contribution >= 0.6 is 0 Å². The van der Waals surface area contributed by atoms with Crippen LogP contribution in [0.1, 0.15) is 5.56 Å². The molecule has 0 spiro atoms. The molecular weight excluding hydrogens is 927 g/mol. The number of para-hydroxylation sites is 6. The van der Waals surface area contributed by atoms with E-state index in [2.05, 4.69) is 275 Å². The van der Waals surface area contributed by atoms with Crippen molar-refractivity contribution in [3.63, 3.8) is 0 Å². The maximum atomic E-state index is 5.36. The molecule has 15 rings (SSSR count). The molecule has 5 aromatic heterocycles. The fraction of sp³-hybridized carbons (Fsp3) is 0.0145. The standard InChI is InChI=1S/C69H45N7/c1-44-26-28-45(29-27-44)58-42-59(46-30-36-49(37-31-46)74-62-20-8-2-14-52(62)53-15-3-9-21-63(53)74)71-68(70-58)69-72-60(47-32-38-50(39-33-47)75-64-22-10-4-16-54(64)55-17-5-11-23-65(55)75)43-61(73-69)48-34-40-51(41-35-48)76-66-24-12-6-18-56(66)57-19-7-13-25-67(57)76/h2-43H,1H3.